The molecule has 0 bridgehead atoms. The Morgan fingerprint density at radius 2 is 2.36 bits per heavy atom. The molecule has 0 aliphatic heterocycles. The Morgan fingerprint density at radius 1 is 1.50 bits per heavy atom. The van der Waals surface area contributed by atoms with Crippen LogP contribution in [0.5, 0.6) is 0 Å². The number of nitrogens with one attached hydrogen (secondary N) is 1. The summed E-state index contributed by atoms with van der Waals surface area (Å²) in [5.41, 5.74) is 0.889. The molecule has 0 radical (unpaired) electrons. The molecule has 0 atom stereocenters. The maximum absolute atomic E-state index is 4.13. The molecular formula is C7H10N6S. The number of rotatable bonds is 3. The summed E-state index contributed by atoms with van der Waals surface area (Å²) in [5, 5.41) is 20.8. The van der Waals surface area contributed by atoms with Crippen molar-refractivity contribution in [3.05, 3.63) is 16.9 Å². The van der Waals surface area contributed by atoms with Crippen LogP contribution in [0, 0.1) is 6.92 Å². The van der Waals surface area contributed by atoms with Gasteiger partial charge in [0.25, 0.3) is 0 Å². The zero-order valence-corrected chi connectivity index (χ0v) is 8.75. The summed E-state index contributed by atoms with van der Waals surface area (Å²) in [6.07, 6.45) is 1.72. The molecule has 0 aliphatic carbocycles. The quantitative estimate of drug-likeness (QED) is 0.802. The lowest BCUT2D eigenvalue weighted by molar-refractivity contribution is 0.646. The van der Waals surface area contributed by atoms with Gasteiger partial charge in [-0.15, -0.1) is 10.2 Å². The van der Waals surface area contributed by atoms with Crippen molar-refractivity contribution in [2.45, 2.75) is 13.5 Å². The number of hydrogen-bond acceptors (Lipinski definition) is 6. The molecule has 14 heavy (non-hydrogen) atoms. The van der Waals surface area contributed by atoms with E-state index in [0.29, 0.717) is 6.54 Å². The van der Waals surface area contributed by atoms with Gasteiger partial charge in [0, 0.05) is 7.05 Å². The normalized spacial score (nSPS) is 10.4. The molecule has 1 N–H and O–H groups in total. The van der Waals surface area contributed by atoms with Crippen molar-refractivity contribution in [3.8, 4) is 0 Å². The van der Waals surface area contributed by atoms with E-state index in [0.717, 1.165) is 15.8 Å². The van der Waals surface area contributed by atoms with E-state index < -0.39 is 0 Å². The van der Waals surface area contributed by atoms with Crippen LogP contribution in [0.25, 0.3) is 0 Å². The third-order valence-electron chi connectivity index (χ3n) is 1.59. The van der Waals surface area contributed by atoms with Gasteiger partial charge >= 0.3 is 0 Å². The van der Waals surface area contributed by atoms with Gasteiger partial charge in [-0.1, -0.05) is 11.3 Å². The predicted octanol–water partition coefficient (Wildman–Crippen LogP) is 0.587. The Kier molecular flexibility index (Phi) is 2.40. The van der Waals surface area contributed by atoms with Gasteiger partial charge in [0.1, 0.15) is 10.7 Å². The SMILES string of the molecule is Cc1nnc(NCc2cnn(C)n2)s1. The van der Waals surface area contributed by atoms with Gasteiger partial charge in [-0.2, -0.15) is 15.0 Å². The van der Waals surface area contributed by atoms with E-state index >= 15 is 0 Å². The van der Waals surface area contributed by atoms with Crippen molar-refractivity contribution in [2.24, 2.45) is 7.05 Å². The lowest BCUT2D eigenvalue weighted by Crippen LogP contribution is -2.00. The Bertz CT molecular complexity index is 379. The van der Waals surface area contributed by atoms with Crippen LogP contribution in [0.4, 0.5) is 5.13 Å². The molecule has 2 aromatic rings. The van der Waals surface area contributed by atoms with Crippen LogP contribution in [0.15, 0.2) is 6.20 Å². The van der Waals surface area contributed by atoms with E-state index in [4.69, 9.17) is 0 Å². The van der Waals surface area contributed by atoms with E-state index in [-0.39, 0.29) is 0 Å². The molecule has 7 heteroatoms. The van der Waals surface area contributed by atoms with E-state index in [1.807, 2.05) is 6.92 Å². The van der Waals surface area contributed by atoms with Crippen LogP contribution in [-0.4, -0.2) is 25.2 Å². The summed E-state index contributed by atoms with van der Waals surface area (Å²) in [6.45, 7) is 2.55. The predicted molar refractivity (Wildman–Crippen MR) is 53.0 cm³/mol. The highest BCUT2D eigenvalue weighted by atomic mass is 32.1. The van der Waals surface area contributed by atoms with Crippen molar-refractivity contribution in [1.29, 1.82) is 0 Å². The van der Waals surface area contributed by atoms with Gasteiger partial charge in [0.05, 0.1) is 12.7 Å². The molecule has 2 rings (SSSR count). The topological polar surface area (TPSA) is 68.5 Å². The maximum Gasteiger partial charge on any atom is 0.205 e. The second-order valence-corrected chi connectivity index (χ2v) is 3.99. The zero-order valence-electron chi connectivity index (χ0n) is 7.93. The van der Waals surface area contributed by atoms with Crippen LogP contribution >= 0.6 is 11.3 Å². The maximum atomic E-state index is 4.13. The molecule has 0 unspecified atom stereocenters. The minimum atomic E-state index is 0.627. The van der Waals surface area contributed by atoms with Crippen molar-refractivity contribution in [3.63, 3.8) is 0 Å². The molecule has 74 valence electrons. The molecule has 0 aliphatic rings. The largest absolute Gasteiger partial charge is 0.354 e. The lowest BCUT2D eigenvalue weighted by Gasteiger charge is -1.95. The van der Waals surface area contributed by atoms with Crippen LogP contribution in [-0.2, 0) is 13.6 Å². The summed E-state index contributed by atoms with van der Waals surface area (Å²) >= 11 is 1.53. The lowest BCUT2D eigenvalue weighted by atomic mass is 10.5. The second-order valence-electron chi connectivity index (χ2n) is 2.81. The van der Waals surface area contributed by atoms with E-state index in [1.165, 1.54) is 16.1 Å². The minimum absolute atomic E-state index is 0.627. The molecule has 6 nitrogen and oxygen atoms in total. The molecule has 0 amide bonds. The van der Waals surface area contributed by atoms with Crippen LogP contribution < -0.4 is 5.32 Å². The van der Waals surface area contributed by atoms with Crippen LogP contribution in [0.2, 0.25) is 0 Å². The number of nitrogens with zero attached hydrogens (tertiary/aromatic N) is 5. The minimum Gasteiger partial charge on any atom is -0.354 e. The molecule has 0 saturated heterocycles. The summed E-state index contributed by atoms with van der Waals surface area (Å²) in [6, 6.07) is 0. The number of aromatic nitrogens is 5. The zero-order chi connectivity index (χ0) is 9.97. The van der Waals surface area contributed by atoms with E-state index in [1.54, 1.807) is 13.2 Å². The molecule has 2 heterocycles. The molecule has 0 fully saturated rings. The Hall–Kier alpha value is -1.50. The standard InChI is InChI=1S/C7H10N6S/c1-5-10-11-7(14-5)8-3-6-4-9-13(2)12-6/h4H,3H2,1-2H3,(H,8,11). The first-order chi connectivity index (χ1) is 6.74. The summed E-state index contributed by atoms with van der Waals surface area (Å²) in [5.74, 6) is 0. The first-order valence-electron chi connectivity index (χ1n) is 4.13. The van der Waals surface area contributed by atoms with Crippen molar-refractivity contribution < 1.29 is 0 Å². The fraction of sp³-hybridized carbons (Fsp3) is 0.429. The van der Waals surface area contributed by atoms with Gasteiger partial charge in [-0.25, -0.2) is 0 Å². The molecule has 0 saturated carbocycles. The third-order valence-corrected chi connectivity index (χ3v) is 2.39. The van der Waals surface area contributed by atoms with E-state index in [2.05, 4.69) is 25.7 Å². The fourth-order valence-corrected chi connectivity index (χ4v) is 1.59. The molecule has 2 aromatic heterocycles. The number of hydrogen-bond donors (Lipinski definition) is 1. The first kappa shape index (κ1) is 9.07. The Balaban J connectivity index is 1.94. The third kappa shape index (κ3) is 2.05. The first-order valence-corrected chi connectivity index (χ1v) is 4.95. The number of aryl methyl sites for hydroxylation is 2. The van der Waals surface area contributed by atoms with Crippen LogP contribution in [0.3, 0.4) is 0 Å². The Morgan fingerprint density at radius 3 is 2.93 bits per heavy atom. The Labute approximate surface area is 85.0 Å². The highest BCUT2D eigenvalue weighted by Gasteiger charge is 2.01. The molecule has 0 aromatic carbocycles. The summed E-state index contributed by atoms with van der Waals surface area (Å²) in [7, 11) is 1.79. The highest BCUT2D eigenvalue weighted by molar-refractivity contribution is 7.15. The number of anilines is 1. The highest BCUT2D eigenvalue weighted by Crippen LogP contribution is 2.13. The smallest absolute Gasteiger partial charge is 0.205 e. The van der Waals surface area contributed by atoms with Gasteiger partial charge in [-0.3, -0.25) is 0 Å². The fourth-order valence-electron chi connectivity index (χ4n) is 1.00. The average Bonchev–Trinajstić information content (AvgIpc) is 2.72. The van der Waals surface area contributed by atoms with Crippen LogP contribution in [0.1, 0.15) is 10.7 Å². The van der Waals surface area contributed by atoms with E-state index in [9.17, 15) is 0 Å². The van der Waals surface area contributed by atoms with Crippen molar-refractivity contribution >= 4 is 16.5 Å². The second kappa shape index (κ2) is 3.70. The van der Waals surface area contributed by atoms with Gasteiger partial charge in [0.15, 0.2) is 0 Å². The summed E-state index contributed by atoms with van der Waals surface area (Å²) < 4.78 is 0. The molecular weight excluding hydrogens is 200 g/mol. The average molecular weight is 210 g/mol. The summed E-state index contributed by atoms with van der Waals surface area (Å²) in [4.78, 5) is 1.53. The van der Waals surface area contributed by atoms with Crippen molar-refractivity contribution in [2.75, 3.05) is 5.32 Å². The van der Waals surface area contributed by atoms with Crippen molar-refractivity contribution in [1.82, 2.24) is 25.2 Å². The van der Waals surface area contributed by atoms with Gasteiger partial charge in [0.2, 0.25) is 5.13 Å². The van der Waals surface area contributed by atoms with Gasteiger partial charge in [-0.05, 0) is 6.92 Å². The van der Waals surface area contributed by atoms with Gasteiger partial charge < -0.3 is 5.32 Å². The monoisotopic (exact) mass is 210 g/mol. The molecule has 0 spiro atoms.